The van der Waals surface area contributed by atoms with E-state index in [2.05, 4.69) is 20.2 Å². The van der Waals surface area contributed by atoms with Crippen LogP contribution in [-0.2, 0) is 0 Å². The van der Waals surface area contributed by atoms with Gasteiger partial charge in [-0.25, -0.2) is 9.78 Å². The quantitative estimate of drug-likeness (QED) is 0.454. The number of aromatic carboxylic acids is 1. The van der Waals surface area contributed by atoms with E-state index in [1.807, 2.05) is 24.1 Å². The van der Waals surface area contributed by atoms with Crippen LogP contribution in [0.2, 0.25) is 5.02 Å². The number of aromatic nitrogens is 2. The first kappa shape index (κ1) is 28.2. The summed E-state index contributed by atoms with van der Waals surface area (Å²) < 4.78 is 0. The van der Waals surface area contributed by atoms with Crippen molar-refractivity contribution in [3.05, 3.63) is 77.2 Å². The SMILES string of the molecule is CN(c1cc(C(=O)O)ccc1C(=O)Nc1ccc(Cl)cn1)C1CCN(c2ccncc2)CC1.Cl.Cl. The molecule has 0 aliphatic carbocycles. The van der Waals surface area contributed by atoms with Crippen LogP contribution in [0.3, 0.4) is 0 Å². The van der Waals surface area contributed by atoms with Gasteiger partial charge in [0.1, 0.15) is 5.82 Å². The molecule has 4 rings (SSSR count). The van der Waals surface area contributed by atoms with Crippen LogP contribution in [0.5, 0.6) is 0 Å². The van der Waals surface area contributed by atoms with E-state index in [0.29, 0.717) is 22.1 Å². The van der Waals surface area contributed by atoms with Crippen molar-refractivity contribution in [3.63, 3.8) is 0 Å². The van der Waals surface area contributed by atoms with E-state index in [1.54, 1.807) is 36.7 Å². The van der Waals surface area contributed by atoms with Crippen molar-refractivity contribution in [3.8, 4) is 0 Å². The molecule has 1 aliphatic heterocycles. The first-order valence-electron chi connectivity index (χ1n) is 10.6. The van der Waals surface area contributed by atoms with Gasteiger partial charge in [0.25, 0.3) is 5.91 Å². The van der Waals surface area contributed by atoms with Crippen molar-refractivity contribution in [2.45, 2.75) is 18.9 Å². The van der Waals surface area contributed by atoms with Gasteiger partial charge in [-0.15, -0.1) is 24.8 Å². The largest absolute Gasteiger partial charge is 0.478 e. The molecule has 2 N–H and O–H groups in total. The summed E-state index contributed by atoms with van der Waals surface area (Å²) >= 11 is 5.87. The van der Waals surface area contributed by atoms with Gasteiger partial charge in [0.15, 0.2) is 0 Å². The molecule has 0 bridgehead atoms. The molecular weight excluding hydrogens is 513 g/mol. The Labute approximate surface area is 221 Å². The first-order chi connectivity index (χ1) is 15.9. The van der Waals surface area contributed by atoms with Gasteiger partial charge in [-0.1, -0.05) is 11.6 Å². The second kappa shape index (κ2) is 12.6. The molecule has 186 valence electrons. The van der Waals surface area contributed by atoms with E-state index in [1.165, 1.54) is 12.3 Å². The zero-order valence-electron chi connectivity index (χ0n) is 18.9. The lowest BCUT2D eigenvalue weighted by Gasteiger charge is -2.39. The van der Waals surface area contributed by atoms with Crippen molar-refractivity contribution in [1.29, 1.82) is 0 Å². The highest BCUT2D eigenvalue weighted by Gasteiger charge is 2.26. The summed E-state index contributed by atoms with van der Waals surface area (Å²) in [6.07, 6.45) is 6.76. The number of carbonyl (C=O) groups is 2. The normalized spacial score (nSPS) is 13.3. The number of rotatable bonds is 6. The molecular formula is C24H26Cl3N5O3. The number of hydrogen-bond acceptors (Lipinski definition) is 6. The molecule has 0 spiro atoms. The summed E-state index contributed by atoms with van der Waals surface area (Å²) in [6.45, 7) is 1.71. The van der Waals surface area contributed by atoms with Crippen LogP contribution >= 0.6 is 36.4 Å². The fourth-order valence-electron chi connectivity index (χ4n) is 4.04. The summed E-state index contributed by atoms with van der Waals surface area (Å²) in [4.78, 5) is 37.2. The number of pyridine rings is 2. The minimum atomic E-state index is -1.04. The van der Waals surface area contributed by atoms with Crippen molar-refractivity contribution in [2.24, 2.45) is 0 Å². The van der Waals surface area contributed by atoms with Crippen LogP contribution in [-0.4, -0.2) is 53.1 Å². The Hall–Kier alpha value is -3.07. The monoisotopic (exact) mass is 537 g/mol. The number of halogens is 3. The van der Waals surface area contributed by atoms with Crippen molar-refractivity contribution in [2.75, 3.05) is 35.3 Å². The van der Waals surface area contributed by atoms with Gasteiger partial charge >= 0.3 is 5.97 Å². The lowest BCUT2D eigenvalue weighted by molar-refractivity contribution is 0.0696. The van der Waals surface area contributed by atoms with E-state index in [9.17, 15) is 14.7 Å². The molecule has 2 aromatic heterocycles. The van der Waals surface area contributed by atoms with Crippen molar-refractivity contribution >= 4 is 65.5 Å². The Morgan fingerprint density at radius 2 is 1.77 bits per heavy atom. The Balaban J connectivity index is 0.00000216. The van der Waals surface area contributed by atoms with Crippen LogP contribution in [0.4, 0.5) is 17.2 Å². The molecule has 1 aromatic carbocycles. The number of carboxylic acid groups (broad SMARTS) is 1. The number of nitrogens with one attached hydrogen (secondary N) is 1. The summed E-state index contributed by atoms with van der Waals surface area (Å²) in [6, 6.07) is 11.9. The summed E-state index contributed by atoms with van der Waals surface area (Å²) in [5.74, 6) is -1.03. The molecule has 1 saturated heterocycles. The highest BCUT2D eigenvalue weighted by atomic mass is 35.5. The fourth-order valence-corrected chi connectivity index (χ4v) is 4.16. The number of carbonyl (C=O) groups excluding carboxylic acids is 1. The number of piperidine rings is 1. The van der Waals surface area contributed by atoms with Crippen LogP contribution in [0.1, 0.15) is 33.6 Å². The lowest BCUT2D eigenvalue weighted by Crippen LogP contribution is -2.44. The zero-order valence-corrected chi connectivity index (χ0v) is 21.3. The van der Waals surface area contributed by atoms with Crippen LogP contribution in [0, 0.1) is 0 Å². The lowest BCUT2D eigenvalue weighted by atomic mass is 10.00. The predicted octanol–water partition coefficient (Wildman–Crippen LogP) is 5.03. The molecule has 1 amide bonds. The van der Waals surface area contributed by atoms with E-state index < -0.39 is 5.97 Å². The number of nitrogens with zero attached hydrogens (tertiary/aromatic N) is 4. The summed E-state index contributed by atoms with van der Waals surface area (Å²) in [5.41, 5.74) is 2.22. The van der Waals surface area contributed by atoms with Gasteiger partial charge in [0, 0.05) is 50.5 Å². The maximum atomic E-state index is 13.1. The van der Waals surface area contributed by atoms with E-state index in [0.717, 1.165) is 31.6 Å². The number of anilines is 3. The van der Waals surface area contributed by atoms with Crippen LogP contribution < -0.4 is 15.1 Å². The molecule has 1 fully saturated rings. The molecule has 3 aromatic rings. The van der Waals surface area contributed by atoms with Crippen molar-refractivity contribution < 1.29 is 14.7 Å². The molecule has 8 nitrogen and oxygen atoms in total. The van der Waals surface area contributed by atoms with E-state index >= 15 is 0 Å². The maximum absolute atomic E-state index is 13.1. The molecule has 0 unspecified atom stereocenters. The smallest absolute Gasteiger partial charge is 0.335 e. The minimum Gasteiger partial charge on any atom is -0.478 e. The second-order valence-electron chi connectivity index (χ2n) is 7.89. The van der Waals surface area contributed by atoms with E-state index in [4.69, 9.17) is 11.6 Å². The number of carboxylic acids is 1. The Bertz CT molecular complexity index is 1140. The van der Waals surface area contributed by atoms with E-state index in [-0.39, 0.29) is 42.3 Å². The fraction of sp³-hybridized carbons (Fsp3) is 0.250. The van der Waals surface area contributed by atoms with Gasteiger partial charge < -0.3 is 20.2 Å². The summed E-state index contributed by atoms with van der Waals surface area (Å²) in [5, 5.41) is 12.7. The third kappa shape index (κ3) is 6.75. The molecule has 1 aliphatic rings. The van der Waals surface area contributed by atoms with Crippen molar-refractivity contribution in [1.82, 2.24) is 9.97 Å². The topological polar surface area (TPSA) is 98.7 Å². The predicted molar refractivity (Wildman–Crippen MR) is 143 cm³/mol. The first-order valence-corrected chi connectivity index (χ1v) is 11.0. The molecule has 0 atom stereocenters. The molecule has 0 radical (unpaired) electrons. The Morgan fingerprint density at radius 1 is 1.09 bits per heavy atom. The highest BCUT2D eigenvalue weighted by Crippen LogP contribution is 2.29. The zero-order chi connectivity index (χ0) is 23.4. The Morgan fingerprint density at radius 3 is 2.37 bits per heavy atom. The average molecular weight is 539 g/mol. The van der Waals surface area contributed by atoms with Gasteiger partial charge in [0.05, 0.1) is 21.8 Å². The third-order valence-corrected chi connectivity index (χ3v) is 6.10. The second-order valence-corrected chi connectivity index (χ2v) is 8.32. The van der Waals surface area contributed by atoms with Gasteiger partial charge in [-0.2, -0.15) is 0 Å². The third-order valence-electron chi connectivity index (χ3n) is 5.88. The summed E-state index contributed by atoms with van der Waals surface area (Å²) in [7, 11) is 1.91. The average Bonchev–Trinajstić information content (AvgIpc) is 2.85. The van der Waals surface area contributed by atoms with Crippen LogP contribution in [0.15, 0.2) is 61.1 Å². The van der Waals surface area contributed by atoms with Gasteiger partial charge in [-0.3, -0.25) is 9.78 Å². The maximum Gasteiger partial charge on any atom is 0.335 e. The van der Waals surface area contributed by atoms with Crippen LogP contribution in [0.25, 0.3) is 0 Å². The molecule has 0 saturated carbocycles. The molecule has 3 heterocycles. The van der Waals surface area contributed by atoms with Gasteiger partial charge in [-0.05, 0) is 55.3 Å². The molecule has 11 heteroatoms. The molecule has 35 heavy (non-hydrogen) atoms. The number of hydrogen-bond donors (Lipinski definition) is 2. The number of amides is 1. The highest BCUT2D eigenvalue weighted by molar-refractivity contribution is 6.30. The standard InChI is InChI=1S/C24H24ClN5O3.2ClH/c1-29(18-8-12-30(13-9-18)19-6-10-26-11-7-19)21-14-16(24(32)33)2-4-20(21)23(31)28-22-5-3-17(25)15-27-22;;/h2-7,10-11,14-15,18H,8-9,12-13H2,1H3,(H,32,33)(H,27,28,31);2*1H. The minimum absolute atomic E-state index is 0. The number of benzene rings is 1. The Kier molecular flexibility index (Phi) is 10.1. The van der Waals surface area contributed by atoms with Gasteiger partial charge in [0.2, 0.25) is 0 Å².